The van der Waals surface area contributed by atoms with Gasteiger partial charge in [0, 0.05) is 18.1 Å². The molecule has 2 aliphatic carbocycles. The summed E-state index contributed by atoms with van der Waals surface area (Å²) in [6.45, 7) is 2.13. The van der Waals surface area contributed by atoms with Crippen molar-refractivity contribution in [2.75, 3.05) is 0 Å². The van der Waals surface area contributed by atoms with Gasteiger partial charge in [0.05, 0.1) is 16.8 Å². The zero-order chi connectivity index (χ0) is 22.1. The normalized spacial score (nSPS) is 27.0. The number of nitrogens with zero attached hydrogens (tertiary/aromatic N) is 2. The average molecular weight is 412 g/mol. The van der Waals surface area contributed by atoms with E-state index in [-0.39, 0.29) is 27.9 Å². The van der Waals surface area contributed by atoms with Crippen molar-refractivity contribution in [3.05, 3.63) is 51.8 Å². The fourth-order valence-electron chi connectivity index (χ4n) is 4.21. The van der Waals surface area contributed by atoms with E-state index in [0.29, 0.717) is 4.57 Å². The van der Waals surface area contributed by atoms with Gasteiger partial charge in [-0.2, -0.15) is 5.26 Å². The van der Waals surface area contributed by atoms with Crippen LogP contribution in [-0.2, 0) is 9.53 Å². The molecule has 10 nitrogen and oxygen atoms in total. The van der Waals surface area contributed by atoms with E-state index >= 15 is 0 Å². The van der Waals surface area contributed by atoms with E-state index in [4.69, 9.17) is 4.74 Å². The van der Waals surface area contributed by atoms with Gasteiger partial charge in [-0.1, -0.05) is 12.1 Å². The lowest BCUT2D eigenvalue weighted by Crippen LogP contribution is -2.54. The lowest BCUT2D eigenvalue weighted by atomic mass is 9.75. The molecule has 4 rings (SSSR count). The Balaban J connectivity index is 2.07. The van der Waals surface area contributed by atoms with E-state index < -0.39 is 52.9 Å². The number of hydrogen-bond donors (Lipinski definition) is 4. The topological polar surface area (TPSA) is 170 Å². The molecule has 2 aliphatic rings. The Bertz CT molecular complexity index is 1190. The van der Waals surface area contributed by atoms with Gasteiger partial charge in [0.15, 0.2) is 18.1 Å². The maximum Gasteiger partial charge on any atom is 0.303 e. The molecule has 0 bridgehead atoms. The standard InChI is InChI=1S/C20H16N2O8/c1-7(23)30-19-17(27)12-11-13(22(6-21)14(12)18(28)20(19,2)29)16(26)10-8(15(11)25)4-3-5-9(10)24/h3-5,17-19,24,27-29H,1-2H3. The largest absolute Gasteiger partial charge is 0.507 e. The number of carbonyl (C=O) groups excluding carboxylic acids is 3. The Morgan fingerprint density at radius 1 is 1.23 bits per heavy atom. The van der Waals surface area contributed by atoms with Crippen LogP contribution < -0.4 is 0 Å². The Kier molecular flexibility index (Phi) is 4.11. The highest BCUT2D eigenvalue weighted by Gasteiger charge is 2.56. The monoisotopic (exact) mass is 412 g/mol. The second kappa shape index (κ2) is 6.24. The maximum atomic E-state index is 13.2. The third-order valence-corrected chi connectivity index (χ3v) is 5.57. The van der Waals surface area contributed by atoms with E-state index in [1.807, 2.05) is 0 Å². The number of hydrogen-bond acceptors (Lipinski definition) is 9. The number of benzene rings is 1. The molecule has 0 spiro atoms. The first-order chi connectivity index (χ1) is 14.0. The van der Waals surface area contributed by atoms with E-state index in [1.165, 1.54) is 18.2 Å². The van der Waals surface area contributed by atoms with Crippen LogP contribution in [0.15, 0.2) is 18.2 Å². The Labute approximate surface area is 169 Å². The molecule has 1 aromatic heterocycles. The van der Waals surface area contributed by atoms with Gasteiger partial charge in [-0.05, 0) is 13.0 Å². The molecule has 0 aliphatic heterocycles. The molecule has 4 unspecified atom stereocenters. The minimum absolute atomic E-state index is 0.145. The number of carbonyl (C=O) groups is 3. The third kappa shape index (κ3) is 2.31. The highest BCUT2D eigenvalue weighted by molar-refractivity contribution is 6.29. The first-order valence-electron chi connectivity index (χ1n) is 8.89. The summed E-state index contributed by atoms with van der Waals surface area (Å²) in [6, 6.07) is 3.87. The number of esters is 1. The number of nitriles is 1. The Hall–Kier alpha value is -3.52. The molecule has 1 aromatic carbocycles. The minimum Gasteiger partial charge on any atom is -0.507 e. The minimum atomic E-state index is -2.24. The Morgan fingerprint density at radius 3 is 2.50 bits per heavy atom. The van der Waals surface area contributed by atoms with Crippen molar-refractivity contribution in [3.8, 4) is 11.9 Å². The smallest absolute Gasteiger partial charge is 0.303 e. The highest BCUT2D eigenvalue weighted by atomic mass is 16.6. The lowest BCUT2D eigenvalue weighted by Gasteiger charge is -2.42. The SMILES string of the molecule is CC(=O)OC1C(O)c2c3c(n(C#N)c2C(O)C1(C)O)C(=O)c1c(O)cccc1C3=O. The van der Waals surface area contributed by atoms with E-state index in [2.05, 4.69) is 0 Å². The zero-order valence-corrected chi connectivity index (χ0v) is 15.8. The zero-order valence-electron chi connectivity index (χ0n) is 15.8. The molecule has 2 aromatic rings. The number of ether oxygens (including phenoxy) is 1. The molecule has 1 heterocycles. The summed E-state index contributed by atoms with van der Waals surface area (Å²) in [4.78, 5) is 37.8. The summed E-state index contributed by atoms with van der Waals surface area (Å²) in [5.74, 6) is -2.96. The van der Waals surface area contributed by atoms with Crippen LogP contribution in [0.3, 0.4) is 0 Å². The quantitative estimate of drug-likeness (QED) is 0.404. The molecule has 0 radical (unpaired) electrons. The van der Waals surface area contributed by atoms with Crippen LogP contribution in [0.25, 0.3) is 0 Å². The predicted octanol–water partition coefficient (Wildman–Crippen LogP) is 0.0614. The second-order valence-corrected chi connectivity index (χ2v) is 7.42. The molecule has 0 fully saturated rings. The maximum absolute atomic E-state index is 13.2. The van der Waals surface area contributed by atoms with Crippen LogP contribution in [-0.4, -0.2) is 54.2 Å². The molecule has 154 valence electrons. The van der Waals surface area contributed by atoms with Crippen molar-refractivity contribution in [3.63, 3.8) is 0 Å². The summed E-state index contributed by atoms with van der Waals surface area (Å²) in [5, 5.41) is 52.3. The summed E-state index contributed by atoms with van der Waals surface area (Å²) in [6.07, 6.45) is -3.70. The van der Waals surface area contributed by atoms with E-state index in [1.54, 1.807) is 6.19 Å². The first kappa shape index (κ1) is 19.8. The van der Waals surface area contributed by atoms with Crippen molar-refractivity contribution in [1.29, 1.82) is 5.26 Å². The number of fused-ring (bicyclic) bond motifs is 4. The predicted molar refractivity (Wildman–Crippen MR) is 96.5 cm³/mol. The van der Waals surface area contributed by atoms with Crippen molar-refractivity contribution in [2.45, 2.75) is 37.8 Å². The molecule has 0 saturated carbocycles. The first-order valence-corrected chi connectivity index (χ1v) is 8.89. The van der Waals surface area contributed by atoms with Gasteiger partial charge in [0.25, 0.3) is 0 Å². The van der Waals surface area contributed by atoms with E-state index in [9.17, 15) is 40.1 Å². The summed E-state index contributed by atoms with van der Waals surface area (Å²) < 4.78 is 5.66. The second-order valence-electron chi connectivity index (χ2n) is 7.42. The van der Waals surface area contributed by atoms with Crippen LogP contribution >= 0.6 is 0 Å². The number of aliphatic hydroxyl groups is 3. The van der Waals surface area contributed by atoms with Crippen LogP contribution in [0, 0.1) is 11.5 Å². The molecule has 4 atom stereocenters. The van der Waals surface area contributed by atoms with Crippen LogP contribution in [0.5, 0.6) is 5.75 Å². The molecular weight excluding hydrogens is 396 g/mol. The highest BCUT2D eigenvalue weighted by Crippen LogP contribution is 2.49. The fourth-order valence-corrected chi connectivity index (χ4v) is 4.21. The van der Waals surface area contributed by atoms with Crippen LogP contribution in [0.4, 0.5) is 0 Å². The fraction of sp³-hybridized carbons (Fsp3) is 0.300. The number of rotatable bonds is 1. The number of aromatic hydroxyl groups is 1. The molecule has 0 amide bonds. The van der Waals surface area contributed by atoms with Gasteiger partial charge in [-0.3, -0.25) is 14.4 Å². The van der Waals surface area contributed by atoms with Crippen LogP contribution in [0.1, 0.15) is 69.3 Å². The van der Waals surface area contributed by atoms with Gasteiger partial charge in [-0.15, -0.1) is 0 Å². The van der Waals surface area contributed by atoms with Crippen molar-refractivity contribution >= 4 is 17.5 Å². The van der Waals surface area contributed by atoms with E-state index in [0.717, 1.165) is 13.8 Å². The summed E-state index contributed by atoms with van der Waals surface area (Å²) in [7, 11) is 0. The van der Waals surface area contributed by atoms with Crippen molar-refractivity contribution in [1.82, 2.24) is 4.57 Å². The molecular formula is C20H16N2O8. The Morgan fingerprint density at radius 2 is 1.90 bits per heavy atom. The average Bonchev–Trinajstić information content (AvgIpc) is 3.03. The van der Waals surface area contributed by atoms with Gasteiger partial charge in [-0.25, -0.2) is 4.57 Å². The van der Waals surface area contributed by atoms with Gasteiger partial charge < -0.3 is 25.2 Å². The van der Waals surface area contributed by atoms with Gasteiger partial charge >= 0.3 is 5.97 Å². The van der Waals surface area contributed by atoms with Crippen molar-refractivity contribution < 1.29 is 39.5 Å². The van der Waals surface area contributed by atoms with Gasteiger partial charge in [0.2, 0.25) is 5.78 Å². The number of phenols is 1. The molecule has 10 heteroatoms. The number of aromatic nitrogens is 1. The number of phenolic OH excluding ortho intramolecular Hbond substituents is 1. The van der Waals surface area contributed by atoms with Crippen molar-refractivity contribution in [2.24, 2.45) is 0 Å². The van der Waals surface area contributed by atoms with Gasteiger partial charge in [0.1, 0.15) is 29.3 Å². The summed E-state index contributed by atoms with van der Waals surface area (Å²) >= 11 is 0. The third-order valence-electron chi connectivity index (χ3n) is 5.57. The molecule has 30 heavy (non-hydrogen) atoms. The number of ketones is 2. The molecule has 4 N–H and O–H groups in total. The summed E-state index contributed by atoms with van der Waals surface area (Å²) in [5.41, 5.74) is -4.16. The molecule has 0 saturated heterocycles. The number of aliphatic hydroxyl groups excluding tert-OH is 2. The van der Waals surface area contributed by atoms with Crippen LogP contribution in [0.2, 0.25) is 0 Å². The lowest BCUT2D eigenvalue weighted by molar-refractivity contribution is -0.206.